The molecule has 0 amide bonds. The van der Waals surface area contributed by atoms with E-state index in [-0.39, 0.29) is 0 Å². The Hall–Kier alpha value is -1.44. The van der Waals surface area contributed by atoms with Crippen LogP contribution in [0, 0.1) is 0 Å². The van der Waals surface area contributed by atoms with Gasteiger partial charge < -0.3 is 0 Å². The van der Waals surface area contributed by atoms with Crippen LogP contribution in [0.5, 0.6) is 0 Å². The van der Waals surface area contributed by atoms with Crippen LogP contribution >= 0.6 is 0 Å². The molecule has 1 aliphatic rings. The van der Waals surface area contributed by atoms with Gasteiger partial charge in [-0.25, -0.2) is 0 Å². The van der Waals surface area contributed by atoms with Crippen molar-refractivity contribution in [2.45, 2.75) is 26.2 Å². The summed E-state index contributed by atoms with van der Waals surface area (Å²) in [5.41, 5.74) is 5.88. The lowest BCUT2D eigenvalue weighted by molar-refractivity contribution is 0.428. The number of fused-ring (bicyclic) bond motifs is 1. The van der Waals surface area contributed by atoms with E-state index in [1.807, 2.05) is 0 Å². The van der Waals surface area contributed by atoms with E-state index in [2.05, 4.69) is 53.9 Å². The van der Waals surface area contributed by atoms with Gasteiger partial charge in [-0.1, -0.05) is 38.0 Å². The van der Waals surface area contributed by atoms with Crippen LogP contribution in [0.25, 0.3) is 6.08 Å². The fourth-order valence-electron chi connectivity index (χ4n) is 1.77. The molecule has 2 heteroatoms. The maximum atomic E-state index is 3.40. The lowest BCUT2D eigenvalue weighted by Gasteiger charge is -2.27. The number of para-hydroxylation sites is 1. The van der Waals surface area contributed by atoms with Crippen molar-refractivity contribution in [3.05, 3.63) is 36.0 Å². The fourth-order valence-corrected chi connectivity index (χ4v) is 1.77. The van der Waals surface area contributed by atoms with E-state index in [0.29, 0.717) is 0 Å². The summed E-state index contributed by atoms with van der Waals surface area (Å²) in [4.78, 5) is 0. The van der Waals surface area contributed by atoms with Crippen LogP contribution in [-0.4, -0.2) is 11.6 Å². The number of unbranched alkanes of at least 4 members (excludes halogenated alkanes) is 2. The van der Waals surface area contributed by atoms with Crippen LogP contribution in [-0.2, 0) is 0 Å². The third-order valence-corrected chi connectivity index (χ3v) is 2.66. The Morgan fingerprint density at radius 2 is 2.07 bits per heavy atom. The Kier molecular flexibility index (Phi) is 3.28. The Morgan fingerprint density at radius 3 is 2.93 bits per heavy atom. The van der Waals surface area contributed by atoms with Gasteiger partial charge in [0, 0.05) is 18.3 Å². The van der Waals surface area contributed by atoms with Crippen molar-refractivity contribution in [3.63, 3.8) is 0 Å². The van der Waals surface area contributed by atoms with Crippen molar-refractivity contribution in [2.24, 2.45) is 0 Å². The number of hydrogen-bond donors (Lipinski definition) is 1. The van der Waals surface area contributed by atoms with Gasteiger partial charge in [0.2, 0.25) is 0 Å². The van der Waals surface area contributed by atoms with E-state index in [1.165, 1.54) is 30.5 Å². The fraction of sp³-hybridized carbons (Fsp3) is 0.385. The van der Waals surface area contributed by atoms with Gasteiger partial charge in [0.05, 0.1) is 5.69 Å². The van der Waals surface area contributed by atoms with Gasteiger partial charge in [0.15, 0.2) is 0 Å². The van der Waals surface area contributed by atoms with E-state index in [9.17, 15) is 0 Å². The first kappa shape index (κ1) is 10.1. The monoisotopic (exact) mass is 202 g/mol. The molecule has 1 aliphatic heterocycles. The van der Waals surface area contributed by atoms with E-state index in [0.717, 1.165) is 6.54 Å². The Morgan fingerprint density at radius 1 is 1.20 bits per heavy atom. The maximum Gasteiger partial charge on any atom is 0.0614 e. The van der Waals surface area contributed by atoms with Crippen molar-refractivity contribution in [1.29, 1.82) is 0 Å². The molecule has 1 heterocycles. The highest BCUT2D eigenvalue weighted by atomic mass is 15.5. The topological polar surface area (TPSA) is 15.3 Å². The van der Waals surface area contributed by atoms with Gasteiger partial charge in [-0.15, -0.1) is 0 Å². The summed E-state index contributed by atoms with van der Waals surface area (Å²) in [6, 6.07) is 8.38. The molecule has 1 N–H and O–H groups in total. The van der Waals surface area contributed by atoms with Crippen LogP contribution in [0.3, 0.4) is 0 Å². The number of nitrogens with zero attached hydrogens (tertiary/aromatic N) is 1. The standard InChI is InChI=1S/C13H18N2/c1-2-3-6-10-15-11-9-12-7-4-5-8-13(12)14-15/h4-5,7-9,11,14H,2-3,6,10H2,1H3. The Bertz CT molecular complexity index is 344. The first-order chi connectivity index (χ1) is 7.40. The van der Waals surface area contributed by atoms with Crippen molar-refractivity contribution in [2.75, 3.05) is 12.0 Å². The highest BCUT2D eigenvalue weighted by molar-refractivity contribution is 5.68. The maximum absolute atomic E-state index is 3.40. The summed E-state index contributed by atoms with van der Waals surface area (Å²) in [5.74, 6) is 0. The van der Waals surface area contributed by atoms with Gasteiger partial charge in [-0.3, -0.25) is 10.4 Å². The number of benzene rings is 1. The summed E-state index contributed by atoms with van der Waals surface area (Å²) in [6.45, 7) is 3.31. The summed E-state index contributed by atoms with van der Waals surface area (Å²) >= 11 is 0. The normalized spacial score (nSPS) is 13.5. The number of hydrogen-bond acceptors (Lipinski definition) is 2. The van der Waals surface area contributed by atoms with Crippen molar-refractivity contribution < 1.29 is 0 Å². The largest absolute Gasteiger partial charge is 0.298 e. The summed E-state index contributed by atoms with van der Waals surface area (Å²) in [5, 5.41) is 2.16. The number of hydrazine groups is 1. The van der Waals surface area contributed by atoms with E-state index >= 15 is 0 Å². The van der Waals surface area contributed by atoms with Gasteiger partial charge in [0.1, 0.15) is 0 Å². The van der Waals surface area contributed by atoms with E-state index in [1.54, 1.807) is 0 Å². The lowest BCUT2D eigenvalue weighted by Crippen LogP contribution is -2.27. The minimum Gasteiger partial charge on any atom is -0.298 e. The molecule has 2 rings (SSSR count). The Balaban J connectivity index is 1.94. The second-order valence-corrected chi connectivity index (χ2v) is 3.92. The highest BCUT2D eigenvalue weighted by Crippen LogP contribution is 2.21. The van der Waals surface area contributed by atoms with Crippen molar-refractivity contribution >= 4 is 11.8 Å². The SMILES string of the molecule is CCCCCN1C=Cc2ccccc2N1. The predicted octanol–water partition coefficient (Wildman–Crippen LogP) is 3.49. The van der Waals surface area contributed by atoms with Crippen LogP contribution in [0.1, 0.15) is 31.7 Å². The zero-order valence-electron chi connectivity index (χ0n) is 9.24. The quantitative estimate of drug-likeness (QED) is 0.752. The van der Waals surface area contributed by atoms with Crippen LogP contribution in [0.15, 0.2) is 30.5 Å². The first-order valence-corrected chi connectivity index (χ1v) is 5.70. The molecule has 0 aromatic heterocycles. The number of nitrogens with one attached hydrogen (secondary N) is 1. The summed E-state index contributed by atoms with van der Waals surface area (Å²) in [6.07, 6.45) is 8.10. The molecule has 0 bridgehead atoms. The van der Waals surface area contributed by atoms with Gasteiger partial charge in [-0.05, 0) is 18.6 Å². The Labute approximate surface area is 91.6 Å². The van der Waals surface area contributed by atoms with Crippen LogP contribution in [0.2, 0.25) is 0 Å². The molecule has 0 spiro atoms. The molecule has 80 valence electrons. The number of rotatable bonds is 4. The molecule has 0 atom stereocenters. The molecule has 0 unspecified atom stereocenters. The van der Waals surface area contributed by atoms with Gasteiger partial charge >= 0.3 is 0 Å². The average Bonchev–Trinajstić information content (AvgIpc) is 2.29. The zero-order valence-corrected chi connectivity index (χ0v) is 9.24. The minimum atomic E-state index is 1.08. The zero-order chi connectivity index (χ0) is 10.5. The third-order valence-electron chi connectivity index (χ3n) is 2.66. The predicted molar refractivity (Wildman–Crippen MR) is 65.3 cm³/mol. The summed E-state index contributed by atoms with van der Waals surface area (Å²) < 4.78 is 0. The first-order valence-electron chi connectivity index (χ1n) is 5.70. The second-order valence-electron chi connectivity index (χ2n) is 3.92. The molecule has 2 nitrogen and oxygen atoms in total. The smallest absolute Gasteiger partial charge is 0.0614 e. The van der Waals surface area contributed by atoms with Gasteiger partial charge in [0.25, 0.3) is 0 Å². The molecule has 0 saturated heterocycles. The molecule has 0 aliphatic carbocycles. The lowest BCUT2D eigenvalue weighted by atomic mass is 10.1. The minimum absolute atomic E-state index is 1.08. The molecular formula is C13H18N2. The highest BCUT2D eigenvalue weighted by Gasteiger charge is 2.07. The summed E-state index contributed by atoms with van der Waals surface area (Å²) in [7, 11) is 0. The molecule has 1 aromatic rings. The third kappa shape index (κ3) is 2.52. The molecule has 0 saturated carbocycles. The van der Waals surface area contributed by atoms with Crippen molar-refractivity contribution in [3.8, 4) is 0 Å². The molecule has 15 heavy (non-hydrogen) atoms. The molecule has 0 fully saturated rings. The second kappa shape index (κ2) is 4.87. The van der Waals surface area contributed by atoms with Gasteiger partial charge in [-0.2, -0.15) is 0 Å². The average molecular weight is 202 g/mol. The number of anilines is 1. The molecular weight excluding hydrogens is 184 g/mol. The van der Waals surface area contributed by atoms with Crippen LogP contribution in [0.4, 0.5) is 5.69 Å². The van der Waals surface area contributed by atoms with E-state index in [4.69, 9.17) is 0 Å². The van der Waals surface area contributed by atoms with Crippen LogP contribution < -0.4 is 5.43 Å². The molecule has 1 aromatic carbocycles. The molecule has 0 radical (unpaired) electrons. The van der Waals surface area contributed by atoms with E-state index < -0.39 is 0 Å². The van der Waals surface area contributed by atoms with Crippen molar-refractivity contribution in [1.82, 2.24) is 5.01 Å².